The summed E-state index contributed by atoms with van der Waals surface area (Å²) in [5, 5.41) is 11.7. The van der Waals surface area contributed by atoms with Crippen LogP contribution in [0.15, 0.2) is 23.4 Å². The summed E-state index contributed by atoms with van der Waals surface area (Å²) in [7, 11) is 0. The van der Waals surface area contributed by atoms with Crippen molar-refractivity contribution in [3.63, 3.8) is 0 Å². The fourth-order valence-electron chi connectivity index (χ4n) is 2.75. The molecule has 92 valence electrons. The SMILES string of the molecule is CC1(C)CCC(C)(C)c2cc(/C=N\O)ccc21. The van der Waals surface area contributed by atoms with Crippen LogP contribution in [0.25, 0.3) is 0 Å². The third-order valence-corrected chi connectivity index (χ3v) is 4.08. The van der Waals surface area contributed by atoms with Gasteiger partial charge in [0.25, 0.3) is 0 Å². The van der Waals surface area contributed by atoms with E-state index in [4.69, 9.17) is 5.21 Å². The van der Waals surface area contributed by atoms with Crippen molar-refractivity contribution in [2.75, 3.05) is 0 Å². The molecule has 1 aliphatic carbocycles. The number of nitrogens with zero attached hydrogens (tertiary/aromatic N) is 1. The Hall–Kier alpha value is -1.31. The maximum atomic E-state index is 8.63. The lowest BCUT2D eigenvalue weighted by molar-refractivity contribution is 0.321. The topological polar surface area (TPSA) is 32.6 Å². The number of hydrogen-bond acceptors (Lipinski definition) is 2. The van der Waals surface area contributed by atoms with Crippen LogP contribution in [0.5, 0.6) is 0 Å². The van der Waals surface area contributed by atoms with Crippen LogP contribution in [0.2, 0.25) is 0 Å². The molecule has 0 unspecified atom stereocenters. The summed E-state index contributed by atoms with van der Waals surface area (Å²) in [6.45, 7) is 9.20. The lowest BCUT2D eigenvalue weighted by Gasteiger charge is -2.41. The quantitative estimate of drug-likeness (QED) is 0.444. The van der Waals surface area contributed by atoms with Gasteiger partial charge in [0, 0.05) is 0 Å². The first-order valence-corrected chi connectivity index (χ1v) is 6.19. The molecule has 2 heteroatoms. The summed E-state index contributed by atoms with van der Waals surface area (Å²) in [6, 6.07) is 6.38. The fraction of sp³-hybridized carbons (Fsp3) is 0.533. The molecular weight excluding hydrogens is 210 g/mol. The van der Waals surface area contributed by atoms with Gasteiger partial charge in [-0.15, -0.1) is 0 Å². The molecule has 2 nitrogen and oxygen atoms in total. The number of fused-ring (bicyclic) bond motifs is 1. The molecule has 17 heavy (non-hydrogen) atoms. The van der Waals surface area contributed by atoms with Crippen molar-refractivity contribution in [3.8, 4) is 0 Å². The fourth-order valence-corrected chi connectivity index (χ4v) is 2.75. The van der Waals surface area contributed by atoms with Crippen molar-refractivity contribution in [3.05, 3.63) is 34.9 Å². The van der Waals surface area contributed by atoms with Crippen molar-refractivity contribution in [2.45, 2.75) is 51.4 Å². The maximum Gasteiger partial charge on any atom is 0.0733 e. The molecule has 0 aromatic heterocycles. The zero-order valence-corrected chi connectivity index (χ0v) is 11.1. The lowest BCUT2D eigenvalue weighted by Crippen LogP contribution is -2.33. The van der Waals surface area contributed by atoms with Crippen LogP contribution in [-0.2, 0) is 10.8 Å². The number of hydrogen-bond donors (Lipinski definition) is 1. The van der Waals surface area contributed by atoms with E-state index in [1.165, 1.54) is 30.2 Å². The van der Waals surface area contributed by atoms with Gasteiger partial charge in [0.1, 0.15) is 0 Å². The molecule has 1 N–H and O–H groups in total. The Balaban J connectivity index is 2.60. The molecule has 1 aromatic rings. The van der Waals surface area contributed by atoms with E-state index >= 15 is 0 Å². The van der Waals surface area contributed by atoms with Crippen molar-refractivity contribution in [1.82, 2.24) is 0 Å². The predicted molar refractivity (Wildman–Crippen MR) is 71.1 cm³/mol. The Kier molecular flexibility index (Phi) is 2.76. The van der Waals surface area contributed by atoms with Crippen LogP contribution < -0.4 is 0 Å². The average Bonchev–Trinajstić information content (AvgIpc) is 2.26. The number of oxime groups is 1. The van der Waals surface area contributed by atoms with Crippen LogP contribution >= 0.6 is 0 Å². The van der Waals surface area contributed by atoms with Gasteiger partial charge >= 0.3 is 0 Å². The molecule has 0 heterocycles. The normalized spacial score (nSPS) is 21.4. The Morgan fingerprint density at radius 3 is 2.24 bits per heavy atom. The predicted octanol–water partition coefficient (Wildman–Crippen LogP) is 3.84. The summed E-state index contributed by atoms with van der Waals surface area (Å²) < 4.78 is 0. The first-order valence-electron chi connectivity index (χ1n) is 6.19. The summed E-state index contributed by atoms with van der Waals surface area (Å²) in [5.41, 5.74) is 4.26. The van der Waals surface area contributed by atoms with Gasteiger partial charge in [-0.05, 0) is 46.4 Å². The number of benzene rings is 1. The van der Waals surface area contributed by atoms with E-state index in [2.05, 4.69) is 45.0 Å². The Morgan fingerprint density at radius 1 is 1.06 bits per heavy atom. The highest BCUT2D eigenvalue weighted by Gasteiger charge is 2.36. The maximum absolute atomic E-state index is 8.63. The molecule has 1 aromatic carbocycles. The van der Waals surface area contributed by atoms with E-state index in [0.717, 1.165) is 5.56 Å². The second kappa shape index (κ2) is 3.86. The highest BCUT2D eigenvalue weighted by molar-refractivity contribution is 5.79. The summed E-state index contributed by atoms with van der Waals surface area (Å²) in [6.07, 6.45) is 3.92. The van der Waals surface area contributed by atoms with Crippen LogP contribution in [0.4, 0.5) is 0 Å². The van der Waals surface area contributed by atoms with E-state index < -0.39 is 0 Å². The summed E-state index contributed by atoms with van der Waals surface area (Å²) in [4.78, 5) is 0. The van der Waals surface area contributed by atoms with Crippen LogP contribution in [-0.4, -0.2) is 11.4 Å². The van der Waals surface area contributed by atoms with Gasteiger partial charge in [0.05, 0.1) is 6.21 Å². The zero-order valence-electron chi connectivity index (χ0n) is 11.1. The first kappa shape index (κ1) is 12.2. The molecule has 0 bridgehead atoms. The second-order valence-electron chi connectivity index (χ2n) is 6.32. The van der Waals surface area contributed by atoms with E-state index in [-0.39, 0.29) is 10.8 Å². The molecule has 0 fully saturated rings. The third-order valence-electron chi connectivity index (χ3n) is 4.08. The molecule has 0 saturated carbocycles. The molecule has 1 aliphatic rings. The highest BCUT2D eigenvalue weighted by Crippen LogP contribution is 2.45. The van der Waals surface area contributed by atoms with E-state index in [9.17, 15) is 0 Å². The molecule has 0 radical (unpaired) electrons. The Bertz CT molecular complexity index is 458. The minimum atomic E-state index is 0.212. The molecular formula is C15H21NO. The Morgan fingerprint density at radius 2 is 1.65 bits per heavy atom. The zero-order chi connectivity index (χ0) is 12.7. The van der Waals surface area contributed by atoms with Gasteiger partial charge in [-0.1, -0.05) is 45.0 Å². The summed E-state index contributed by atoms with van der Waals surface area (Å²) in [5.74, 6) is 0. The van der Waals surface area contributed by atoms with Crippen LogP contribution in [0, 0.1) is 0 Å². The molecule has 0 saturated heterocycles. The minimum Gasteiger partial charge on any atom is -0.411 e. The first-order chi connectivity index (χ1) is 7.87. The monoisotopic (exact) mass is 231 g/mol. The standard InChI is InChI=1S/C15H21NO/c1-14(2)7-8-15(3,4)13-9-11(10-16-17)5-6-12(13)14/h5-6,9-10,17H,7-8H2,1-4H3/b16-10-. The van der Waals surface area contributed by atoms with Crippen molar-refractivity contribution >= 4 is 6.21 Å². The molecule has 0 spiro atoms. The van der Waals surface area contributed by atoms with Gasteiger partial charge in [-0.3, -0.25) is 0 Å². The van der Waals surface area contributed by atoms with Gasteiger partial charge in [0.15, 0.2) is 0 Å². The highest BCUT2D eigenvalue weighted by atomic mass is 16.4. The van der Waals surface area contributed by atoms with Crippen LogP contribution in [0.3, 0.4) is 0 Å². The van der Waals surface area contributed by atoms with Gasteiger partial charge in [0.2, 0.25) is 0 Å². The number of rotatable bonds is 1. The van der Waals surface area contributed by atoms with Gasteiger partial charge in [-0.2, -0.15) is 0 Å². The van der Waals surface area contributed by atoms with Crippen LogP contribution in [0.1, 0.15) is 57.2 Å². The summed E-state index contributed by atoms with van der Waals surface area (Å²) >= 11 is 0. The Labute approximate surface area is 103 Å². The van der Waals surface area contributed by atoms with Crippen molar-refractivity contribution in [1.29, 1.82) is 0 Å². The van der Waals surface area contributed by atoms with Gasteiger partial charge < -0.3 is 5.21 Å². The van der Waals surface area contributed by atoms with E-state index in [1.54, 1.807) is 0 Å². The van der Waals surface area contributed by atoms with Crippen molar-refractivity contribution in [2.24, 2.45) is 5.16 Å². The van der Waals surface area contributed by atoms with E-state index in [0.29, 0.717) is 0 Å². The van der Waals surface area contributed by atoms with Crippen molar-refractivity contribution < 1.29 is 5.21 Å². The smallest absolute Gasteiger partial charge is 0.0733 e. The molecule has 0 amide bonds. The lowest BCUT2D eigenvalue weighted by atomic mass is 9.63. The molecule has 2 rings (SSSR count). The second-order valence-corrected chi connectivity index (χ2v) is 6.32. The molecule has 0 aliphatic heterocycles. The largest absolute Gasteiger partial charge is 0.411 e. The molecule has 0 atom stereocenters. The van der Waals surface area contributed by atoms with E-state index in [1.807, 2.05) is 6.07 Å². The van der Waals surface area contributed by atoms with Gasteiger partial charge in [-0.25, -0.2) is 0 Å². The minimum absolute atomic E-state index is 0.212. The third kappa shape index (κ3) is 2.08. The average molecular weight is 231 g/mol.